The van der Waals surface area contributed by atoms with Crippen molar-refractivity contribution in [1.82, 2.24) is 5.32 Å². The molecule has 0 aliphatic heterocycles. The van der Waals surface area contributed by atoms with Gasteiger partial charge in [-0.15, -0.1) is 0 Å². The Balaban J connectivity index is 1.95. The van der Waals surface area contributed by atoms with Gasteiger partial charge in [-0.05, 0) is 24.8 Å². The zero-order chi connectivity index (χ0) is 19.8. The first kappa shape index (κ1) is 21.2. The van der Waals surface area contributed by atoms with Crippen LogP contribution in [0.3, 0.4) is 0 Å². The Morgan fingerprint density at radius 3 is 2.67 bits per heavy atom. The summed E-state index contributed by atoms with van der Waals surface area (Å²) in [4.78, 5) is 35.0. The third-order valence-electron chi connectivity index (χ3n) is 4.98. The molecule has 27 heavy (non-hydrogen) atoms. The number of amides is 1. The number of benzene rings is 1. The minimum atomic E-state index is -0.675. The predicted molar refractivity (Wildman–Crippen MR) is 102 cm³/mol. The zero-order valence-electron chi connectivity index (χ0n) is 15.4. The van der Waals surface area contributed by atoms with E-state index in [-0.39, 0.29) is 29.5 Å². The molecule has 8 heteroatoms. The van der Waals surface area contributed by atoms with Crippen molar-refractivity contribution in [3.63, 3.8) is 0 Å². The largest absolute Gasteiger partial charge is 0.467 e. The van der Waals surface area contributed by atoms with Crippen LogP contribution in [0.25, 0.3) is 0 Å². The maximum absolute atomic E-state index is 12.3. The van der Waals surface area contributed by atoms with Crippen molar-refractivity contribution < 1.29 is 19.2 Å². The van der Waals surface area contributed by atoms with Gasteiger partial charge >= 0.3 is 5.97 Å². The van der Waals surface area contributed by atoms with Gasteiger partial charge in [0.2, 0.25) is 5.91 Å². The lowest BCUT2D eigenvalue weighted by Gasteiger charge is -2.25. The fraction of sp³-hybridized carbons (Fsp3) is 0.579. The highest BCUT2D eigenvalue weighted by molar-refractivity contribution is 6.30. The summed E-state index contributed by atoms with van der Waals surface area (Å²) in [5.74, 6) is -0.377. The molecule has 0 saturated heterocycles. The molecule has 0 unspecified atom stereocenters. The predicted octanol–water partition coefficient (Wildman–Crippen LogP) is 3.81. The summed E-state index contributed by atoms with van der Waals surface area (Å²) in [5, 5.41) is 14.1. The van der Waals surface area contributed by atoms with E-state index in [9.17, 15) is 19.7 Å². The van der Waals surface area contributed by atoms with Crippen LogP contribution in [0.15, 0.2) is 18.2 Å². The van der Waals surface area contributed by atoms with Crippen LogP contribution in [0.4, 0.5) is 5.69 Å². The summed E-state index contributed by atoms with van der Waals surface area (Å²) in [7, 11) is 1.30. The van der Waals surface area contributed by atoms with Gasteiger partial charge in [0.15, 0.2) is 0 Å². The van der Waals surface area contributed by atoms with E-state index in [0.29, 0.717) is 17.9 Å². The van der Waals surface area contributed by atoms with Crippen LogP contribution < -0.4 is 5.32 Å². The van der Waals surface area contributed by atoms with E-state index < -0.39 is 16.9 Å². The Morgan fingerprint density at radius 1 is 1.33 bits per heavy atom. The lowest BCUT2D eigenvalue weighted by Crippen LogP contribution is -2.43. The number of carbonyl (C=O) groups is 2. The number of hydrogen-bond donors (Lipinski definition) is 1. The molecule has 0 bridgehead atoms. The number of carbonyl (C=O) groups excluding carboxylic acids is 2. The molecule has 2 rings (SSSR count). The fourth-order valence-electron chi connectivity index (χ4n) is 3.55. The lowest BCUT2D eigenvalue weighted by atomic mass is 9.85. The van der Waals surface area contributed by atoms with Gasteiger partial charge in [0, 0.05) is 23.1 Å². The molecule has 1 N–H and O–H groups in total. The van der Waals surface area contributed by atoms with Crippen LogP contribution in [-0.2, 0) is 20.7 Å². The number of ether oxygens (including phenoxy) is 1. The summed E-state index contributed by atoms with van der Waals surface area (Å²) < 4.78 is 4.82. The van der Waals surface area contributed by atoms with Crippen LogP contribution >= 0.6 is 11.6 Å². The van der Waals surface area contributed by atoms with E-state index in [4.69, 9.17) is 16.3 Å². The normalized spacial score (nSPS) is 15.8. The van der Waals surface area contributed by atoms with Crippen molar-refractivity contribution in [2.24, 2.45) is 5.92 Å². The second-order valence-corrected chi connectivity index (χ2v) is 7.35. The number of aryl methyl sites for hydroxylation is 1. The van der Waals surface area contributed by atoms with Gasteiger partial charge in [-0.2, -0.15) is 0 Å². The molecule has 1 atom stereocenters. The Morgan fingerprint density at radius 2 is 2.04 bits per heavy atom. The van der Waals surface area contributed by atoms with Gasteiger partial charge in [-0.25, -0.2) is 4.79 Å². The molecule has 1 aliphatic carbocycles. The van der Waals surface area contributed by atoms with E-state index in [1.165, 1.54) is 19.6 Å². The molecule has 1 fully saturated rings. The highest BCUT2D eigenvalue weighted by Gasteiger charge is 2.26. The number of nitrogens with one attached hydrogen (secondary N) is 1. The molecule has 0 heterocycles. The molecular weight excluding hydrogens is 372 g/mol. The van der Waals surface area contributed by atoms with Crippen LogP contribution in [0.2, 0.25) is 5.02 Å². The molecule has 7 nitrogen and oxygen atoms in total. The molecule has 0 spiro atoms. The van der Waals surface area contributed by atoms with E-state index in [1.807, 2.05) is 0 Å². The van der Waals surface area contributed by atoms with Crippen molar-refractivity contribution in [2.45, 2.75) is 57.4 Å². The van der Waals surface area contributed by atoms with Crippen molar-refractivity contribution in [3.05, 3.63) is 38.9 Å². The maximum atomic E-state index is 12.3. The van der Waals surface area contributed by atoms with Gasteiger partial charge in [0.25, 0.3) is 5.69 Å². The molecule has 1 aromatic rings. The summed E-state index contributed by atoms with van der Waals surface area (Å²) in [5.41, 5.74) is 0.323. The molecule has 1 saturated carbocycles. The Kier molecular flexibility index (Phi) is 8.03. The Labute approximate surface area is 163 Å². The number of hydrogen-bond acceptors (Lipinski definition) is 5. The standard InChI is InChI=1S/C19H25ClN2O5/c1-27-19(24)16(11-13-5-3-2-4-6-13)21-18(23)10-8-14-7-9-15(20)12-17(14)22(25)26/h7,9,12-13,16H,2-6,8,10-11H2,1H3,(H,21,23)/t16-/m1/s1. The number of rotatable bonds is 8. The maximum Gasteiger partial charge on any atom is 0.328 e. The Hall–Kier alpha value is -2.15. The van der Waals surface area contributed by atoms with Crippen molar-refractivity contribution in [1.29, 1.82) is 0 Å². The number of methoxy groups -OCH3 is 1. The fourth-order valence-corrected chi connectivity index (χ4v) is 3.71. The SMILES string of the molecule is COC(=O)[C@@H](CC1CCCCC1)NC(=O)CCc1ccc(Cl)cc1[N+](=O)[O-]. The first-order valence-electron chi connectivity index (χ1n) is 9.20. The highest BCUT2D eigenvalue weighted by Crippen LogP contribution is 2.28. The third kappa shape index (κ3) is 6.50. The number of nitrogens with zero attached hydrogens (tertiary/aromatic N) is 1. The quantitative estimate of drug-likeness (QED) is 0.409. The van der Waals surface area contributed by atoms with Crippen molar-refractivity contribution in [2.75, 3.05) is 7.11 Å². The van der Waals surface area contributed by atoms with Gasteiger partial charge in [0.1, 0.15) is 6.04 Å². The molecule has 1 amide bonds. The first-order valence-corrected chi connectivity index (χ1v) is 9.58. The Bertz CT molecular complexity index is 689. The lowest BCUT2D eigenvalue weighted by molar-refractivity contribution is -0.385. The van der Waals surface area contributed by atoms with Crippen LogP contribution in [0.5, 0.6) is 0 Å². The van der Waals surface area contributed by atoms with Gasteiger partial charge < -0.3 is 10.1 Å². The minimum absolute atomic E-state index is 0.0423. The summed E-state index contributed by atoms with van der Waals surface area (Å²) >= 11 is 5.80. The van der Waals surface area contributed by atoms with E-state index in [1.54, 1.807) is 12.1 Å². The van der Waals surface area contributed by atoms with Gasteiger partial charge in [0.05, 0.1) is 12.0 Å². The second-order valence-electron chi connectivity index (χ2n) is 6.91. The molecule has 0 radical (unpaired) electrons. The van der Waals surface area contributed by atoms with E-state index in [0.717, 1.165) is 25.7 Å². The van der Waals surface area contributed by atoms with Crippen molar-refractivity contribution >= 4 is 29.2 Å². The topological polar surface area (TPSA) is 98.5 Å². The van der Waals surface area contributed by atoms with Crippen molar-refractivity contribution in [3.8, 4) is 0 Å². The van der Waals surface area contributed by atoms with Crippen LogP contribution in [-0.4, -0.2) is 30.0 Å². The van der Waals surface area contributed by atoms with Crippen LogP contribution in [0.1, 0.15) is 50.5 Å². The first-order chi connectivity index (χ1) is 12.9. The summed E-state index contributed by atoms with van der Waals surface area (Å²) in [6.45, 7) is 0. The number of esters is 1. The molecule has 1 aromatic carbocycles. The highest BCUT2D eigenvalue weighted by atomic mass is 35.5. The number of nitro benzene ring substituents is 1. The van der Waals surface area contributed by atoms with Gasteiger partial charge in [-0.3, -0.25) is 14.9 Å². The minimum Gasteiger partial charge on any atom is -0.467 e. The number of nitro groups is 1. The monoisotopic (exact) mass is 396 g/mol. The second kappa shape index (κ2) is 10.3. The van der Waals surface area contributed by atoms with E-state index in [2.05, 4.69) is 5.32 Å². The molecule has 148 valence electrons. The molecular formula is C19H25ClN2O5. The smallest absolute Gasteiger partial charge is 0.328 e. The van der Waals surface area contributed by atoms with Crippen LogP contribution in [0, 0.1) is 16.0 Å². The van der Waals surface area contributed by atoms with E-state index >= 15 is 0 Å². The summed E-state index contributed by atoms with van der Waals surface area (Å²) in [6, 6.07) is 3.70. The average Bonchev–Trinajstić information content (AvgIpc) is 2.66. The zero-order valence-corrected chi connectivity index (χ0v) is 16.2. The average molecular weight is 397 g/mol. The molecule has 1 aliphatic rings. The molecule has 0 aromatic heterocycles. The number of halogens is 1. The third-order valence-corrected chi connectivity index (χ3v) is 5.22. The summed E-state index contributed by atoms with van der Waals surface area (Å²) in [6.07, 6.45) is 6.42. The van der Waals surface area contributed by atoms with Gasteiger partial charge in [-0.1, -0.05) is 49.8 Å².